The van der Waals surface area contributed by atoms with Gasteiger partial charge < -0.3 is 20.7 Å². The van der Waals surface area contributed by atoms with Crippen molar-refractivity contribution in [1.29, 1.82) is 0 Å². The van der Waals surface area contributed by atoms with Crippen molar-refractivity contribution in [2.45, 2.75) is 88.6 Å². The predicted octanol–water partition coefficient (Wildman–Crippen LogP) is 4.23. The van der Waals surface area contributed by atoms with Gasteiger partial charge in [-0.25, -0.2) is 0 Å². The molecule has 0 saturated carbocycles. The first kappa shape index (κ1) is 28.8. The van der Waals surface area contributed by atoms with Crippen LogP contribution in [0.15, 0.2) is 54.6 Å². The summed E-state index contributed by atoms with van der Waals surface area (Å²) in [6.07, 6.45) is 5.14. The Labute approximate surface area is 232 Å². The van der Waals surface area contributed by atoms with Crippen molar-refractivity contribution < 1.29 is 19.1 Å². The number of benzene rings is 2. The first-order chi connectivity index (χ1) is 18.6. The third-order valence-electron chi connectivity index (χ3n) is 8.35. The van der Waals surface area contributed by atoms with Gasteiger partial charge in [-0.15, -0.1) is 0 Å². The van der Waals surface area contributed by atoms with Gasteiger partial charge in [-0.05, 0) is 87.3 Å². The Hall–Kier alpha value is -3.19. The molecule has 1 fully saturated rings. The fraction of sp³-hybridized carbons (Fsp3) is 0.531. The SMILES string of the molecule is CCOC(=O)C[C@H]1CC2(CCN(C(=O)C(CCCc3ccccc3)NC(=O)C(C)(C)N)CC2)c2ccccc21. The van der Waals surface area contributed by atoms with Gasteiger partial charge in [0.1, 0.15) is 6.04 Å². The van der Waals surface area contributed by atoms with E-state index in [0.717, 1.165) is 32.1 Å². The zero-order chi connectivity index (χ0) is 28.0. The first-order valence-corrected chi connectivity index (χ1v) is 14.3. The van der Waals surface area contributed by atoms with Crippen LogP contribution >= 0.6 is 0 Å². The van der Waals surface area contributed by atoms with Crippen LogP contribution in [0.3, 0.4) is 0 Å². The zero-order valence-corrected chi connectivity index (χ0v) is 23.6. The summed E-state index contributed by atoms with van der Waals surface area (Å²) >= 11 is 0. The second-order valence-corrected chi connectivity index (χ2v) is 11.7. The highest BCUT2D eigenvalue weighted by atomic mass is 16.5. The molecular weight excluding hydrogens is 490 g/mol. The monoisotopic (exact) mass is 533 g/mol. The number of rotatable bonds is 10. The molecule has 0 radical (unpaired) electrons. The molecule has 210 valence electrons. The molecule has 0 aromatic heterocycles. The van der Waals surface area contributed by atoms with E-state index >= 15 is 0 Å². The Morgan fingerprint density at radius 3 is 2.41 bits per heavy atom. The molecule has 2 aromatic carbocycles. The first-order valence-electron chi connectivity index (χ1n) is 14.3. The zero-order valence-electron chi connectivity index (χ0n) is 23.6. The molecule has 3 N–H and O–H groups in total. The Morgan fingerprint density at radius 1 is 1.08 bits per heavy atom. The third kappa shape index (κ3) is 6.88. The number of fused-ring (bicyclic) bond motifs is 2. The molecule has 1 spiro atoms. The molecule has 39 heavy (non-hydrogen) atoms. The summed E-state index contributed by atoms with van der Waals surface area (Å²) in [5.74, 6) is -0.372. The van der Waals surface area contributed by atoms with Crippen molar-refractivity contribution in [1.82, 2.24) is 10.2 Å². The molecule has 1 aliphatic carbocycles. The Morgan fingerprint density at radius 2 is 1.74 bits per heavy atom. The molecule has 4 rings (SSSR count). The Bertz CT molecular complexity index is 1150. The highest BCUT2D eigenvalue weighted by Gasteiger charge is 2.46. The largest absolute Gasteiger partial charge is 0.466 e. The lowest BCUT2D eigenvalue weighted by atomic mass is 9.73. The number of carbonyl (C=O) groups is 3. The van der Waals surface area contributed by atoms with Crippen molar-refractivity contribution in [3.05, 3.63) is 71.3 Å². The molecular formula is C32H43N3O4. The van der Waals surface area contributed by atoms with Crippen molar-refractivity contribution in [3.8, 4) is 0 Å². The van der Waals surface area contributed by atoms with Gasteiger partial charge in [0.15, 0.2) is 0 Å². The summed E-state index contributed by atoms with van der Waals surface area (Å²) < 4.78 is 5.25. The number of hydrogen-bond acceptors (Lipinski definition) is 5. The topological polar surface area (TPSA) is 102 Å². The van der Waals surface area contributed by atoms with Crippen LogP contribution in [-0.4, -0.2) is 54.0 Å². The Kier molecular flexibility index (Phi) is 9.11. The van der Waals surface area contributed by atoms with Gasteiger partial charge in [0.2, 0.25) is 11.8 Å². The van der Waals surface area contributed by atoms with Crippen LogP contribution in [0, 0.1) is 0 Å². The number of nitrogens with one attached hydrogen (secondary N) is 1. The van der Waals surface area contributed by atoms with Gasteiger partial charge in [-0.2, -0.15) is 0 Å². The lowest BCUT2D eigenvalue weighted by Crippen LogP contribution is -2.57. The minimum Gasteiger partial charge on any atom is -0.466 e. The molecule has 2 amide bonds. The Balaban J connectivity index is 1.43. The highest BCUT2D eigenvalue weighted by Crippen LogP contribution is 2.52. The second-order valence-electron chi connectivity index (χ2n) is 11.7. The molecule has 7 nitrogen and oxygen atoms in total. The van der Waals surface area contributed by atoms with Crippen LogP contribution in [0.1, 0.15) is 81.9 Å². The van der Waals surface area contributed by atoms with E-state index in [1.165, 1.54) is 16.7 Å². The minimum atomic E-state index is -1.06. The smallest absolute Gasteiger partial charge is 0.306 e. The maximum absolute atomic E-state index is 13.7. The van der Waals surface area contributed by atoms with Crippen LogP contribution in [-0.2, 0) is 31.0 Å². The molecule has 0 bridgehead atoms. The number of nitrogens with two attached hydrogens (primary N) is 1. The number of ether oxygens (including phenoxy) is 1. The molecule has 2 aliphatic rings. The lowest BCUT2D eigenvalue weighted by Gasteiger charge is -2.41. The van der Waals surface area contributed by atoms with Gasteiger partial charge in [-0.3, -0.25) is 14.4 Å². The third-order valence-corrected chi connectivity index (χ3v) is 8.35. The number of esters is 1. The van der Waals surface area contributed by atoms with E-state index in [2.05, 4.69) is 35.6 Å². The van der Waals surface area contributed by atoms with E-state index in [4.69, 9.17) is 10.5 Å². The minimum absolute atomic E-state index is 0.0372. The fourth-order valence-corrected chi connectivity index (χ4v) is 6.24. The molecule has 7 heteroatoms. The van der Waals surface area contributed by atoms with Crippen molar-refractivity contribution in [3.63, 3.8) is 0 Å². The standard InChI is InChI=1S/C32H43N3O4/c1-4-39-28(36)21-24-22-32(26-15-9-8-14-25(24)26)17-19-35(20-18-32)29(37)27(34-30(38)31(2,3)33)16-10-13-23-11-6-5-7-12-23/h5-9,11-12,14-15,24,27H,4,10,13,16-22,33H2,1-3H3,(H,34,38)/t24-,27?/m0/s1. The maximum atomic E-state index is 13.7. The highest BCUT2D eigenvalue weighted by molar-refractivity contribution is 5.91. The molecule has 1 unspecified atom stereocenters. The molecule has 1 saturated heterocycles. The number of nitrogens with zero attached hydrogens (tertiary/aromatic N) is 1. The van der Waals surface area contributed by atoms with Crippen LogP contribution < -0.4 is 11.1 Å². The summed E-state index contributed by atoms with van der Waals surface area (Å²) in [6, 6.07) is 18.0. The van der Waals surface area contributed by atoms with Crippen LogP contribution in [0.5, 0.6) is 0 Å². The normalized spacial score (nSPS) is 18.9. The van der Waals surface area contributed by atoms with Gasteiger partial charge in [0.05, 0.1) is 18.6 Å². The fourth-order valence-electron chi connectivity index (χ4n) is 6.24. The van der Waals surface area contributed by atoms with Crippen molar-refractivity contribution in [2.75, 3.05) is 19.7 Å². The summed E-state index contributed by atoms with van der Waals surface area (Å²) in [4.78, 5) is 40.7. The summed E-state index contributed by atoms with van der Waals surface area (Å²) in [6.45, 7) is 6.78. The van der Waals surface area contributed by atoms with E-state index < -0.39 is 11.6 Å². The summed E-state index contributed by atoms with van der Waals surface area (Å²) in [5, 5.41) is 2.95. The predicted molar refractivity (Wildman–Crippen MR) is 152 cm³/mol. The number of hydrogen-bond donors (Lipinski definition) is 2. The van der Waals surface area contributed by atoms with E-state index in [0.29, 0.717) is 32.5 Å². The number of piperidine rings is 1. The molecule has 1 aliphatic heterocycles. The van der Waals surface area contributed by atoms with E-state index in [-0.39, 0.29) is 29.1 Å². The molecule has 2 atom stereocenters. The van der Waals surface area contributed by atoms with Crippen LogP contribution in [0.2, 0.25) is 0 Å². The van der Waals surface area contributed by atoms with E-state index in [1.807, 2.05) is 36.1 Å². The number of carbonyl (C=O) groups excluding carboxylic acids is 3. The average molecular weight is 534 g/mol. The van der Waals surface area contributed by atoms with Crippen LogP contribution in [0.4, 0.5) is 0 Å². The van der Waals surface area contributed by atoms with Gasteiger partial charge in [-0.1, -0.05) is 54.6 Å². The van der Waals surface area contributed by atoms with E-state index in [9.17, 15) is 14.4 Å². The number of amides is 2. The molecule has 1 heterocycles. The molecule has 2 aromatic rings. The van der Waals surface area contributed by atoms with Gasteiger partial charge in [0.25, 0.3) is 0 Å². The summed E-state index contributed by atoms with van der Waals surface area (Å²) in [5.41, 5.74) is 8.70. The summed E-state index contributed by atoms with van der Waals surface area (Å²) in [7, 11) is 0. The number of likely N-dealkylation sites (tertiary alicyclic amines) is 1. The van der Waals surface area contributed by atoms with Gasteiger partial charge in [0, 0.05) is 13.1 Å². The maximum Gasteiger partial charge on any atom is 0.306 e. The lowest BCUT2D eigenvalue weighted by molar-refractivity contribution is -0.143. The van der Waals surface area contributed by atoms with Crippen molar-refractivity contribution in [2.24, 2.45) is 5.73 Å². The average Bonchev–Trinajstić information content (AvgIpc) is 3.20. The van der Waals surface area contributed by atoms with Crippen LogP contribution in [0.25, 0.3) is 0 Å². The van der Waals surface area contributed by atoms with Gasteiger partial charge >= 0.3 is 5.97 Å². The quantitative estimate of drug-likeness (QED) is 0.445. The second kappa shape index (κ2) is 12.3. The van der Waals surface area contributed by atoms with E-state index in [1.54, 1.807) is 13.8 Å². The number of aryl methyl sites for hydroxylation is 1. The van der Waals surface area contributed by atoms with Crippen molar-refractivity contribution >= 4 is 17.8 Å².